The first-order valence-corrected chi connectivity index (χ1v) is 8.77. The van der Waals surface area contributed by atoms with E-state index in [4.69, 9.17) is 17.3 Å². The number of hydrogen-bond donors (Lipinski definition) is 1. The van der Waals surface area contributed by atoms with Gasteiger partial charge >= 0.3 is 0 Å². The lowest BCUT2D eigenvalue weighted by Crippen LogP contribution is -2.41. The highest BCUT2D eigenvalue weighted by atomic mass is 35.5. The van der Waals surface area contributed by atoms with Crippen LogP contribution in [-0.2, 0) is 4.79 Å². The first-order chi connectivity index (χ1) is 10.6. The van der Waals surface area contributed by atoms with E-state index in [-0.39, 0.29) is 12.0 Å². The van der Waals surface area contributed by atoms with E-state index in [9.17, 15) is 4.79 Å². The first kappa shape index (κ1) is 15.8. The van der Waals surface area contributed by atoms with Crippen LogP contribution in [0.5, 0.6) is 0 Å². The third-order valence-electron chi connectivity index (χ3n) is 5.24. The normalized spacial score (nSPS) is 26.0. The van der Waals surface area contributed by atoms with Gasteiger partial charge in [-0.05, 0) is 62.8 Å². The molecule has 1 aromatic rings. The monoisotopic (exact) mass is 320 g/mol. The fraction of sp³-hybridized carbons (Fsp3) is 0.611. The Morgan fingerprint density at radius 1 is 1.27 bits per heavy atom. The Morgan fingerprint density at radius 2 is 1.95 bits per heavy atom. The molecule has 3 nitrogen and oxygen atoms in total. The van der Waals surface area contributed by atoms with Crippen LogP contribution in [-0.4, -0.2) is 23.4 Å². The van der Waals surface area contributed by atoms with E-state index in [1.165, 1.54) is 0 Å². The molecule has 2 aliphatic rings. The zero-order valence-corrected chi connectivity index (χ0v) is 13.9. The van der Waals surface area contributed by atoms with Crippen molar-refractivity contribution >= 4 is 17.5 Å². The molecule has 22 heavy (non-hydrogen) atoms. The molecule has 1 unspecified atom stereocenters. The molecule has 3 atom stereocenters. The number of nitrogens with two attached hydrogens (primary N) is 1. The Hall–Kier alpha value is -1.06. The van der Waals surface area contributed by atoms with Crippen LogP contribution in [0.3, 0.4) is 0 Å². The average Bonchev–Trinajstić information content (AvgIpc) is 3.23. The number of halogens is 1. The molecule has 0 spiro atoms. The molecular formula is C18H25ClN2O. The highest BCUT2D eigenvalue weighted by Gasteiger charge is 2.42. The molecule has 2 fully saturated rings. The van der Waals surface area contributed by atoms with Gasteiger partial charge in [-0.25, -0.2) is 0 Å². The maximum Gasteiger partial charge on any atom is 0.226 e. The average molecular weight is 321 g/mol. The lowest BCUT2D eigenvalue weighted by molar-refractivity contribution is -0.139. The van der Waals surface area contributed by atoms with Gasteiger partial charge in [0.15, 0.2) is 0 Å². The maximum absolute atomic E-state index is 13.1. The van der Waals surface area contributed by atoms with Crippen molar-refractivity contribution in [2.75, 3.05) is 6.54 Å². The molecule has 0 heterocycles. The molecule has 0 aromatic heterocycles. The minimum absolute atomic E-state index is 0.108. The van der Waals surface area contributed by atoms with Crippen LogP contribution >= 0.6 is 11.6 Å². The minimum Gasteiger partial charge on any atom is -0.333 e. The Balaban J connectivity index is 1.80. The second kappa shape index (κ2) is 6.59. The number of rotatable bonds is 5. The SMILES string of the molecule is CC(c1ccc(Cl)cc1)N(C(=O)[C@@H]1CCC[C@@H]1CN)C1CC1. The van der Waals surface area contributed by atoms with Gasteiger partial charge in [0, 0.05) is 17.0 Å². The molecule has 0 aliphatic heterocycles. The van der Waals surface area contributed by atoms with Gasteiger partial charge in [-0.15, -0.1) is 0 Å². The molecular weight excluding hydrogens is 296 g/mol. The van der Waals surface area contributed by atoms with E-state index in [2.05, 4.69) is 11.8 Å². The van der Waals surface area contributed by atoms with Crippen molar-refractivity contribution in [3.05, 3.63) is 34.9 Å². The van der Waals surface area contributed by atoms with Gasteiger partial charge in [0.1, 0.15) is 0 Å². The summed E-state index contributed by atoms with van der Waals surface area (Å²) < 4.78 is 0. The fourth-order valence-electron chi connectivity index (χ4n) is 3.78. The predicted molar refractivity (Wildman–Crippen MR) is 89.6 cm³/mol. The molecule has 120 valence electrons. The van der Waals surface area contributed by atoms with E-state index in [0.717, 1.165) is 42.7 Å². The standard InChI is InChI=1S/C18H25ClN2O/c1-12(13-5-7-15(19)8-6-13)21(16-9-10-16)18(22)17-4-2-3-14(17)11-20/h5-8,12,14,16-17H,2-4,9-11,20H2,1H3/t12?,14-,17-/m1/s1. The van der Waals surface area contributed by atoms with Crippen LogP contribution in [0, 0.1) is 11.8 Å². The summed E-state index contributed by atoms with van der Waals surface area (Å²) in [6.07, 6.45) is 5.48. The third-order valence-corrected chi connectivity index (χ3v) is 5.50. The van der Waals surface area contributed by atoms with Gasteiger partial charge in [0.05, 0.1) is 6.04 Å². The summed E-state index contributed by atoms with van der Waals surface area (Å²) in [4.78, 5) is 15.2. The minimum atomic E-state index is 0.108. The van der Waals surface area contributed by atoms with Crippen molar-refractivity contribution in [2.24, 2.45) is 17.6 Å². The summed E-state index contributed by atoms with van der Waals surface area (Å²) in [5.41, 5.74) is 7.03. The molecule has 3 rings (SSSR count). The lowest BCUT2D eigenvalue weighted by atomic mass is 9.93. The number of carbonyl (C=O) groups is 1. The largest absolute Gasteiger partial charge is 0.333 e. The molecule has 1 amide bonds. The molecule has 4 heteroatoms. The van der Waals surface area contributed by atoms with Gasteiger partial charge in [-0.3, -0.25) is 4.79 Å². The molecule has 0 bridgehead atoms. The summed E-state index contributed by atoms with van der Waals surface area (Å²) in [6.45, 7) is 2.76. The van der Waals surface area contributed by atoms with Crippen molar-refractivity contribution < 1.29 is 4.79 Å². The molecule has 0 saturated heterocycles. The second-order valence-electron chi connectivity index (χ2n) is 6.74. The Bertz CT molecular complexity index is 526. The number of carbonyl (C=O) groups excluding carboxylic acids is 1. The Labute approximate surface area is 137 Å². The van der Waals surface area contributed by atoms with Crippen molar-refractivity contribution in [2.45, 2.75) is 51.1 Å². The smallest absolute Gasteiger partial charge is 0.226 e. The molecule has 2 aliphatic carbocycles. The summed E-state index contributed by atoms with van der Waals surface area (Å²) in [6, 6.07) is 8.39. The first-order valence-electron chi connectivity index (χ1n) is 8.39. The summed E-state index contributed by atoms with van der Waals surface area (Å²) in [5.74, 6) is 0.810. The van der Waals surface area contributed by atoms with Crippen LogP contribution in [0.2, 0.25) is 5.02 Å². The van der Waals surface area contributed by atoms with E-state index in [1.807, 2.05) is 24.3 Å². The quantitative estimate of drug-likeness (QED) is 0.897. The Kier molecular flexibility index (Phi) is 4.74. The van der Waals surface area contributed by atoms with Crippen LogP contribution in [0.25, 0.3) is 0 Å². The predicted octanol–water partition coefficient (Wildman–Crippen LogP) is 3.77. The third kappa shape index (κ3) is 3.16. The fourth-order valence-corrected chi connectivity index (χ4v) is 3.90. The highest BCUT2D eigenvalue weighted by molar-refractivity contribution is 6.30. The van der Waals surface area contributed by atoms with Gasteiger partial charge in [-0.1, -0.05) is 30.2 Å². The van der Waals surface area contributed by atoms with Crippen molar-refractivity contribution in [1.82, 2.24) is 4.90 Å². The van der Waals surface area contributed by atoms with Gasteiger partial charge in [0.25, 0.3) is 0 Å². The van der Waals surface area contributed by atoms with E-state index in [0.29, 0.717) is 24.4 Å². The van der Waals surface area contributed by atoms with Crippen molar-refractivity contribution in [3.8, 4) is 0 Å². The van der Waals surface area contributed by atoms with Crippen LogP contribution in [0.15, 0.2) is 24.3 Å². The van der Waals surface area contributed by atoms with Crippen LogP contribution in [0.4, 0.5) is 0 Å². The van der Waals surface area contributed by atoms with Gasteiger partial charge in [0.2, 0.25) is 5.91 Å². The highest BCUT2D eigenvalue weighted by Crippen LogP contribution is 2.40. The topological polar surface area (TPSA) is 46.3 Å². The maximum atomic E-state index is 13.1. The number of hydrogen-bond acceptors (Lipinski definition) is 2. The second-order valence-corrected chi connectivity index (χ2v) is 7.17. The summed E-state index contributed by atoms with van der Waals surface area (Å²) in [5, 5.41) is 0.735. The van der Waals surface area contributed by atoms with E-state index >= 15 is 0 Å². The van der Waals surface area contributed by atoms with E-state index < -0.39 is 0 Å². The van der Waals surface area contributed by atoms with Gasteiger partial charge in [-0.2, -0.15) is 0 Å². The number of benzene rings is 1. The van der Waals surface area contributed by atoms with Gasteiger partial charge < -0.3 is 10.6 Å². The van der Waals surface area contributed by atoms with Crippen LogP contribution in [0.1, 0.15) is 50.6 Å². The van der Waals surface area contributed by atoms with Crippen molar-refractivity contribution in [1.29, 1.82) is 0 Å². The molecule has 0 radical (unpaired) electrons. The zero-order chi connectivity index (χ0) is 15.7. The number of nitrogens with zero attached hydrogens (tertiary/aromatic N) is 1. The Morgan fingerprint density at radius 3 is 2.55 bits per heavy atom. The van der Waals surface area contributed by atoms with E-state index in [1.54, 1.807) is 0 Å². The zero-order valence-electron chi connectivity index (χ0n) is 13.2. The lowest BCUT2D eigenvalue weighted by Gasteiger charge is -2.33. The molecule has 2 saturated carbocycles. The number of amides is 1. The summed E-state index contributed by atoms with van der Waals surface area (Å²) in [7, 11) is 0. The van der Waals surface area contributed by atoms with Crippen LogP contribution < -0.4 is 5.73 Å². The van der Waals surface area contributed by atoms with Crippen molar-refractivity contribution in [3.63, 3.8) is 0 Å². The molecule has 2 N–H and O–H groups in total. The molecule has 1 aromatic carbocycles. The summed E-state index contributed by atoms with van der Waals surface area (Å²) >= 11 is 5.98.